The Morgan fingerprint density at radius 3 is 2.12 bits per heavy atom. The van der Waals surface area contributed by atoms with Crippen molar-refractivity contribution in [3.8, 4) is 0 Å². The lowest BCUT2D eigenvalue weighted by Gasteiger charge is -2.54. The van der Waals surface area contributed by atoms with Crippen LogP contribution < -0.4 is 0 Å². The van der Waals surface area contributed by atoms with Gasteiger partial charge >= 0.3 is 5.97 Å². The van der Waals surface area contributed by atoms with Crippen LogP contribution in [-0.2, 0) is 10.2 Å². The first-order valence-corrected chi connectivity index (χ1v) is 10.4. The summed E-state index contributed by atoms with van der Waals surface area (Å²) in [6.07, 6.45) is 14.6. The van der Waals surface area contributed by atoms with Gasteiger partial charge in [0.15, 0.2) is 0 Å². The smallest absolute Gasteiger partial charge is 0.338 e. The van der Waals surface area contributed by atoms with Gasteiger partial charge in [-0.05, 0) is 79.9 Å². The Labute approximate surface area is 153 Å². The van der Waals surface area contributed by atoms with E-state index in [0.29, 0.717) is 23.0 Å². The Kier molecular flexibility index (Phi) is 5.86. The number of hydrogen-bond donors (Lipinski definition) is 0. The van der Waals surface area contributed by atoms with Gasteiger partial charge in [0.25, 0.3) is 0 Å². The summed E-state index contributed by atoms with van der Waals surface area (Å²) in [4.78, 5) is 12.0. The molecule has 0 aliphatic heterocycles. The molecule has 4 rings (SSSR count). The number of benzene rings is 1. The minimum absolute atomic E-state index is 0.187. The number of carbonyl (C=O) groups is 1. The second kappa shape index (κ2) is 7.93. The average molecular weight is 343 g/mol. The van der Waals surface area contributed by atoms with E-state index in [1.54, 1.807) is 0 Å². The maximum Gasteiger partial charge on any atom is 0.338 e. The molecule has 2 heteroatoms. The zero-order valence-corrected chi connectivity index (χ0v) is 16.1. The molecule has 1 aromatic rings. The van der Waals surface area contributed by atoms with Crippen molar-refractivity contribution < 1.29 is 9.53 Å². The molecule has 0 radical (unpaired) electrons. The lowest BCUT2D eigenvalue weighted by Crippen LogP contribution is -2.44. The first-order chi connectivity index (χ1) is 12.1. The van der Waals surface area contributed by atoms with E-state index < -0.39 is 0 Å². The summed E-state index contributed by atoms with van der Waals surface area (Å²) in [7, 11) is 0. The third kappa shape index (κ3) is 3.93. The number of rotatable bonds is 8. The molecule has 2 bridgehead atoms. The predicted molar refractivity (Wildman–Crippen MR) is 103 cm³/mol. The van der Waals surface area contributed by atoms with Crippen LogP contribution in [0.3, 0.4) is 0 Å². The molecule has 0 amide bonds. The molecule has 138 valence electrons. The largest absolute Gasteiger partial charge is 0.462 e. The second-order valence-corrected chi connectivity index (χ2v) is 8.45. The zero-order valence-electron chi connectivity index (χ0n) is 16.1. The molecule has 0 heterocycles. The zero-order chi connectivity index (χ0) is 17.8. The summed E-state index contributed by atoms with van der Waals surface area (Å²) in [5.41, 5.74) is 3.16. The van der Waals surface area contributed by atoms with Crippen LogP contribution >= 0.6 is 0 Å². The highest BCUT2D eigenvalue weighted by molar-refractivity contribution is 5.89. The van der Waals surface area contributed by atoms with Crippen molar-refractivity contribution in [3.05, 3.63) is 35.4 Å². The summed E-state index contributed by atoms with van der Waals surface area (Å²) in [5, 5.41) is 0. The van der Waals surface area contributed by atoms with Crippen LogP contribution in [0.5, 0.6) is 0 Å². The summed E-state index contributed by atoms with van der Waals surface area (Å²) < 4.78 is 5.24. The van der Waals surface area contributed by atoms with Crippen LogP contribution in [0.25, 0.3) is 0 Å². The van der Waals surface area contributed by atoms with Gasteiger partial charge in [-0.15, -0.1) is 0 Å². The fourth-order valence-corrected chi connectivity index (χ4v) is 5.06. The molecule has 0 N–H and O–H groups in total. The number of esters is 1. The molecule has 2 nitrogen and oxygen atoms in total. The summed E-state index contributed by atoms with van der Waals surface area (Å²) in [5.74, 6) is -0.187. The summed E-state index contributed by atoms with van der Waals surface area (Å²) >= 11 is 0. The predicted octanol–water partition coefficient (Wildman–Crippen LogP) is 6.43. The molecule has 0 unspecified atom stereocenters. The van der Waals surface area contributed by atoms with E-state index in [2.05, 4.69) is 19.1 Å². The Balaban J connectivity index is 1.63. The fraction of sp³-hybridized carbons (Fsp3) is 0.696. The maximum absolute atomic E-state index is 12.0. The molecule has 0 aromatic heterocycles. The van der Waals surface area contributed by atoms with E-state index in [0.717, 1.165) is 6.42 Å². The Morgan fingerprint density at radius 2 is 1.56 bits per heavy atom. The number of ether oxygens (including phenoxy) is 1. The van der Waals surface area contributed by atoms with Gasteiger partial charge < -0.3 is 4.74 Å². The quantitative estimate of drug-likeness (QED) is 0.402. The maximum atomic E-state index is 12.0. The molecular formula is C23H34O2. The number of carbonyl (C=O) groups excluding carboxylic acids is 1. The summed E-state index contributed by atoms with van der Waals surface area (Å²) in [6.45, 7) is 4.82. The van der Waals surface area contributed by atoms with Gasteiger partial charge in [-0.1, -0.05) is 45.2 Å². The Hall–Kier alpha value is -1.31. The van der Waals surface area contributed by atoms with Crippen LogP contribution in [0.1, 0.15) is 100 Å². The lowest BCUT2D eigenvalue weighted by molar-refractivity contribution is 0.0305. The van der Waals surface area contributed by atoms with Gasteiger partial charge in [-0.3, -0.25) is 0 Å². The van der Waals surface area contributed by atoms with E-state index in [1.807, 2.05) is 19.1 Å². The molecule has 0 saturated heterocycles. The Bertz CT molecular complexity index is 548. The lowest BCUT2D eigenvalue weighted by atomic mass is 9.51. The molecular weight excluding hydrogens is 308 g/mol. The van der Waals surface area contributed by atoms with Gasteiger partial charge in [0.2, 0.25) is 0 Å². The van der Waals surface area contributed by atoms with Crippen LogP contribution in [-0.4, -0.2) is 12.6 Å². The molecule has 1 aromatic carbocycles. The van der Waals surface area contributed by atoms with Crippen molar-refractivity contribution in [2.45, 2.75) is 89.9 Å². The fourth-order valence-electron chi connectivity index (χ4n) is 5.06. The van der Waals surface area contributed by atoms with Gasteiger partial charge in [-0.25, -0.2) is 4.79 Å². The van der Waals surface area contributed by atoms with Crippen molar-refractivity contribution in [1.82, 2.24) is 0 Å². The minimum atomic E-state index is -0.187. The van der Waals surface area contributed by atoms with Crippen LogP contribution in [0.15, 0.2) is 24.3 Å². The SMILES string of the molecule is CCCCCC12CCC(c3ccc(C(=O)OCCC)cc3)(CC1)CC2. The van der Waals surface area contributed by atoms with E-state index in [9.17, 15) is 4.79 Å². The molecule has 3 aliphatic carbocycles. The van der Waals surface area contributed by atoms with Crippen LogP contribution in [0.2, 0.25) is 0 Å². The van der Waals surface area contributed by atoms with E-state index in [4.69, 9.17) is 4.74 Å². The number of hydrogen-bond acceptors (Lipinski definition) is 2. The molecule has 3 saturated carbocycles. The third-order valence-corrected chi connectivity index (χ3v) is 6.88. The standard InChI is InChI=1S/C23H34O2/c1-3-5-6-11-22-12-15-23(16-13-22,17-14-22)20-9-7-19(8-10-20)21(24)25-18-4-2/h7-10H,3-6,11-18H2,1-2H3. The average Bonchev–Trinajstić information content (AvgIpc) is 2.68. The first kappa shape index (κ1) is 18.5. The van der Waals surface area contributed by atoms with E-state index >= 15 is 0 Å². The van der Waals surface area contributed by atoms with E-state index in [1.165, 1.54) is 69.8 Å². The monoisotopic (exact) mass is 342 g/mol. The highest BCUT2D eigenvalue weighted by Crippen LogP contribution is 2.59. The number of unbranched alkanes of at least 4 members (excludes halogenated alkanes) is 2. The van der Waals surface area contributed by atoms with Gasteiger partial charge in [0.1, 0.15) is 0 Å². The van der Waals surface area contributed by atoms with Crippen molar-refractivity contribution in [1.29, 1.82) is 0 Å². The number of fused-ring (bicyclic) bond motifs is 3. The van der Waals surface area contributed by atoms with Crippen LogP contribution in [0, 0.1) is 5.41 Å². The van der Waals surface area contributed by atoms with Gasteiger partial charge in [0.05, 0.1) is 12.2 Å². The van der Waals surface area contributed by atoms with E-state index in [-0.39, 0.29) is 5.97 Å². The molecule has 25 heavy (non-hydrogen) atoms. The normalized spacial score (nSPS) is 28.1. The highest BCUT2D eigenvalue weighted by atomic mass is 16.5. The van der Waals surface area contributed by atoms with Crippen LogP contribution in [0.4, 0.5) is 0 Å². The van der Waals surface area contributed by atoms with Crippen molar-refractivity contribution in [2.24, 2.45) is 5.41 Å². The van der Waals surface area contributed by atoms with Gasteiger partial charge in [0, 0.05) is 0 Å². The summed E-state index contributed by atoms with van der Waals surface area (Å²) in [6, 6.07) is 8.33. The van der Waals surface area contributed by atoms with Crippen molar-refractivity contribution in [2.75, 3.05) is 6.61 Å². The topological polar surface area (TPSA) is 26.3 Å². The molecule has 0 atom stereocenters. The first-order valence-electron chi connectivity index (χ1n) is 10.4. The van der Waals surface area contributed by atoms with Gasteiger partial charge in [-0.2, -0.15) is 0 Å². The second-order valence-electron chi connectivity index (χ2n) is 8.45. The Morgan fingerprint density at radius 1 is 0.920 bits per heavy atom. The molecule has 0 spiro atoms. The molecule has 3 aliphatic rings. The third-order valence-electron chi connectivity index (χ3n) is 6.88. The molecule has 3 fully saturated rings. The van der Waals surface area contributed by atoms with Crippen molar-refractivity contribution >= 4 is 5.97 Å². The minimum Gasteiger partial charge on any atom is -0.462 e. The van der Waals surface area contributed by atoms with Crippen molar-refractivity contribution in [3.63, 3.8) is 0 Å². The highest BCUT2D eigenvalue weighted by Gasteiger charge is 2.48.